The van der Waals surface area contributed by atoms with Crippen molar-refractivity contribution in [1.29, 1.82) is 5.26 Å². The average molecular weight is 351 g/mol. The number of nitriles is 1. The predicted octanol–water partition coefficient (Wildman–Crippen LogP) is 2.50. The van der Waals surface area contributed by atoms with Crippen LogP contribution >= 0.6 is 0 Å². The molecule has 1 aromatic rings. The second-order valence-corrected chi connectivity index (χ2v) is 5.83. The lowest BCUT2D eigenvalue weighted by Gasteiger charge is -2.23. The molecule has 0 bridgehead atoms. The summed E-state index contributed by atoms with van der Waals surface area (Å²) >= 11 is 0. The van der Waals surface area contributed by atoms with Gasteiger partial charge in [0, 0.05) is 12.1 Å². The van der Waals surface area contributed by atoms with E-state index in [0.717, 1.165) is 32.1 Å². The average Bonchev–Trinajstić information content (AvgIpc) is 2.61. The van der Waals surface area contributed by atoms with E-state index in [0.29, 0.717) is 0 Å². The Hall–Kier alpha value is -2.56. The number of hydrogen-bond donors (Lipinski definition) is 1. The predicted molar refractivity (Wildman–Crippen MR) is 84.2 cm³/mol. The highest BCUT2D eigenvalue weighted by Gasteiger charge is 2.30. The van der Waals surface area contributed by atoms with E-state index in [9.17, 15) is 23.6 Å². The van der Waals surface area contributed by atoms with Gasteiger partial charge in [-0.2, -0.15) is 5.26 Å². The van der Waals surface area contributed by atoms with Crippen molar-refractivity contribution in [3.8, 4) is 11.9 Å². The number of alkyl halides is 2. The zero-order chi connectivity index (χ0) is 18.2. The maximum Gasteiger partial charge on any atom is 0.272 e. The number of nitrogens with zero attached hydrogens (tertiary/aromatic N) is 2. The van der Waals surface area contributed by atoms with Gasteiger partial charge in [0.05, 0.1) is 6.07 Å². The standard InChI is InChI=1S/C17H19F2N3O3/c18-14(19)10-25-15-8-4-7-13(22-15)16(23)12(9-20)17(24)21-11-5-2-1-3-6-11/h4,7-8,11-12,14H,1-3,5-6,10H2,(H,21,24)/t12-/m0/s1. The van der Waals surface area contributed by atoms with Crippen molar-refractivity contribution < 1.29 is 23.1 Å². The minimum Gasteiger partial charge on any atom is -0.472 e. The van der Waals surface area contributed by atoms with Gasteiger partial charge in [-0.3, -0.25) is 9.59 Å². The summed E-state index contributed by atoms with van der Waals surface area (Å²) in [6.07, 6.45) is 2.10. The van der Waals surface area contributed by atoms with Crippen LogP contribution in [0.2, 0.25) is 0 Å². The Morgan fingerprint density at radius 2 is 2.04 bits per heavy atom. The number of ketones is 1. The first-order chi connectivity index (χ1) is 12.0. The van der Waals surface area contributed by atoms with E-state index in [1.165, 1.54) is 18.2 Å². The van der Waals surface area contributed by atoms with Crippen LogP contribution in [0.1, 0.15) is 42.6 Å². The van der Waals surface area contributed by atoms with Crippen molar-refractivity contribution in [3.63, 3.8) is 0 Å². The summed E-state index contributed by atoms with van der Waals surface area (Å²) in [7, 11) is 0. The number of pyridine rings is 1. The summed E-state index contributed by atoms with van der Waals surface area (Å²) in [6, 6.07) is 5.70. The Kier molecular flexibility index (Phi) is 6.81. The molecular formula is C17H19F2N3O3. The Morgan fingerprint density at radius 3 is 2.68 bits per heavy atom. The van der Waals surface area contributed by atoms with E-state index < -0.39 is 30.6 Å². The van der Waals surface area contributed by atoms with Gasteiger partial charge in [-0.25, -0.2) is 13.8 Å². The molecule has 1 amide bonds. The molecule has 0 radical (unpaired) electrons. The summed E-state index contributed by atoms with van der Waals surface area (Å²) in [5, 5.41) is 11.9. The van der Waals surface area contributed by atoms with Crippen LogP contribution in [-0.4, -0.2) is 35.7 Å². The molecule has 134 valence electrons. The van der Waals surface area contributed by atoms with Gasteiger partial charge in [0.15, 0.2) is 12.5 Å². The molecule has 0 spiro atoms. The van der Waals surface area contributed by atoms with Crippen LogP contribution in [-0.2, 0) is 4.79 Å². The Bertz CT molecular complexity index is 655. The largest absolute Gasteiger partial charge is 0.472 e. The number of halogens is 2. The molecular weight excluding hydrogens is 332 g/mol. The molecule has 1 aliphatic carbocycles. The molecule has 1 fully saturated rings. The molecule has 2 rings (SSSR count). The topological polar surface area (TPSA) is 92.1 Å². The number of Topliss-reactive ketones (excluding diaryl/α,β-unsaturated/α-hetero) is 1. The molecule has 25 heavy (non-hydrogen) atoms. The number of nitrogens with one attached hydrogen (secondary N) is 1. The number of ether oxygens (including phenoxy) is 1. The van der Waals surface area contributed by atoms with Gasteiger partial charge in [-0.15, -0.1) is 0 Å². The highest BCUT2D eigenvalue weighted by molar-refractivity contribution is 6.11. The summed E-state index contributed by atoms with van der Waals surface area (Å²) in [4.78, 5) is 28.5. The first kappa shape index (κ1) is 18.8. The highest BCUT2D eigenvalue weighted by atomic mass is 19.3. The van der Waals surface area contributed by atoms with Gasteiger partial charge in [0.25, 0.3) is 6.43 Å². The zero-order valence-corrected chi connectivity index (χ0v) is 13.6. The molecule has 0 saturated heterocycles. The molecule has 0 aliphatic heterocycles. The summed E-state index contributed by atoms with van der Waals surface area (Å²) in [5.41, 5.74) is -0.169. The first-order valence-electron chi connectivity index (χ1n) is 8.13. The lowest BCUT2D eigenvalue weighted by Crippen LogP contribution is -2.42. The zero-order valence-electron chi connectivity index (χ0n) is 13.6. The van der Waals surface area contributed by atoms with E-state index >= 15 is 0 Å². The first-order valence-corrected chi connectivity index (χ1v) is 8.13. The van der Waals surface area contributed by atoms with Crippen LogP contribution in [0.3, 0.4) is 0 Å². The number of carbonyl (C=O) groups excluding carboxylic acids is 2. The van der Waals surface area contributed by atoms with Crippen molar-refractivity contribution in [2.75, 3.05) is 6.61 Å². The highest BCUT2D eigenvalue weighted by Crippen LogP contribution is 2.18. The van der Waals surface area contributed by atoms with E-state index in [2.05, 4.69) is 10.3 Å². The molecule has 0 aromatic carbocycles. The maximum absolute atomic E-state index is 12.4. The van der Waals surface area contributed by atoms with Crippen molar-refractivity contribution in [2.24, 2.45) is 5.92 Å². The lowest BCUT2D eigenvalue weighted by molar-refractivity contribution is -0.123. The summed E-state index contributed by atoms with van der Waals surface area (Å²) in [5.74, 6) is -3.12. The SMILES string of the molecule is N#C[C@H](C(=O)NC1CCCCC1)C(=O)c1cccc(OCC(F)F)n1. The van der Waals surface area contributed by atoms with E-state index in [-0.39, 0.29) is 17.6 Å². The Morgan fingerprint density at radius 1 is 1.32 bits per heavy atom. The van der Waals surface area contributed by atoms with Crippen molar-refractivity contribution in [2.45, 2.75) is 44.6 Å². The maximum atomic E-state index is 12.4. The minimum absolute atomic E-state index is 0.0291. The van der Waals surface area contributed by atoms with E-state index in [1.807, 2.05) is 0 Å². The summed E-state index contributed by atoms with van der Waals surface area (Å²) < 4.78 is 29.1. The van der Waals surface area contributed by atoms with Gasteiger partial charge in [0.1, 0.15) is 5.69 Å². The second kappa shape index (κ2) is 9.06. The Balaban J connectivity index is 2.04. The third kappa shape index (κ3) is 5.48. The monoisotopic (exact) mass is 351 g/mol. The van der Waals surface area contributed by atoms with Gasteiger partial charge < -0.3 is 10.1 Å². The third-order valence-corrected chi connectivity index (χ3v) is 3.94. The fraction of sp³-hybridized carbons (Fsp3) is 0.529. The molecule has 1 aliphatic rings. The van der Waals surface area contributed by atoms with Crippen LogP contribution in [0.15, 0.2) is 18.2 Å². The molecule has 1 heterocycles. The molecule has 6 nitrogen and oxygen atoms in total. The number of aromatic nitrogens is 1. The van der Waals surface area contributed by atoms with Crippen molar-refractivity contribution in [1.82, 2.24) is 10.3 Å². The van der Waals surface area contributed by atoms with Gasteiger partial charge in [0.2, 0.25) is 17.6 Å². The molecule has 1 saturated carbocycles. The summed E-state index contributed by atoms with van der Waals surface area (Å²) in [6.45, 7) is -0.853. The fourth-order valence-electron chi connectivity index (χ4n) is 2.70. The molecule has 0 unspecified atom stereocenters. The van der Waals surface area contributed by atoms with Gasteiger partial charge in [-0.1, -0.05) is 25.3 Å². The minimum atomic E-state index is -2.67. The second-order valence-electron chi connectivity index (χ2n) is 5.83. The number of hydrogen-bond acceptors (Lipinski definition) is 5. The van der Waals surface area contributed by atoms with Crippen LogP contribution in [0.5, 0.6) is 5.88 Å². The van der Waals surface area contributed by atoms with Gasteiger partial charge >= 0.3 is 0 Å². The van der Waals surface area contributed by atoms with E-state index in [4.69, 9.17) is 4.74 Å². The number of rotatable bonds is 7. The van der Waals surface area contributed by atoms with Crippen LogP contribution in [0.4, 0.5) is 8.78 Å². The molecule has 1 aromatic heterocycles. The molecule has 1 atom stereocenters. The smallest absolute Gasteiger partial charge is 0.272 e. The van der Waals surface area contributed by atoms with Crippen LogP contribution < -0.4 is 10.1 Å². The third-order valence-electron chi connectivity index (χ3n) is 3.94. The molecule has 8 heteroatoms. The van der Waals surface area contributed by atoms with Gasteiger partial charge in [-0.05, 0) is 18.9 Å². The molecule has 1 N–H and O–H groups in total. The van der Waals surface area contributed by atoms with Crippen molar-refractivity contribution in [3.05, 3.63) is 23.9 Å². The normalized spacial score (nSPS) is 16.1. The number of carbonyl (C=O) groups is 2. The lowest BCUT2D eigenvalue weighted by atomic mass is 9.94. The fourth-order valence-corrected chi connectivity index (χ4v) is 2.70. The quantitative estimate of drug-likeness (QED) is 0.602. The van der Waals surface area contributed by atoms with Crippen molar-refractivity contribution >= 4 is 11.7 Å². The van der Waals surface area contributed by atoms with E-state index in [1.54, 1.807) is 6.07 Å². The number of amides is 1. The van der Waals surface area contributed by atoms with Crippen LogP contribution in [0, 0.1) is 17.2 Å². The Labute approximate surface area is 144 Å². The van der Waals surface area contributed by atoms with Crippen LogP contribution in [0.25, 0.3) is 0 Å².